The molecule has 8 heteroatoms. The summed E-state index contributed by atoms with van der Waals surface area (Å²) in [6.07, 6.45) is 4.56. The highest BCUT2D eigenvalue weighted by Gasteiger charge is 2.28. The fourth-order valence-electron chi connectivity index (χ4n) is 2.71. The van der Waals surface area contributed by atoms with Gasteiger partial charge in [0.15, 0.2) is 5.65 Å². The van der Waals surface area contributed by atoms with Crippen LogP contribution in [0.3, 0.4) is 0 Å². The minimum atomic E-state index is -0.851. The molecule has 1 unspecified atom stereocenters. The average Bonchev–Trinajstić information content (AvgIpc) is 2.90. The number of hydrogen-bond acceptors (Lipinski definition) is 4. The molecule has 2 aromatic rings. The molecule has 0 aromatic carbocycles. The van der Waals surface area contributed by atoms with E-state index in [9.17, 15) is 9.59 Å². The number of anilines is 1. The predicted octanol–water partition coefficient (Wildman–Crippen LogP) is 1.30. The van der Waals surface area contributed by atoms with E-state index >= 15 is 0 Å². The maximum atomic E-state index is 12.4. The van der Waals surface area contributed by atoms with Gasteiger partial charge in [0.25, 0.3) is 0 Å². The number of pyridine rings is 1. The van der Waals surface area contributed by atoms with E-state index in [4.69, 9.17) is 5.11 Å². The summed E-state index contributed by atoms with van der Waals surface area (Å²) in [4.78, 5) is 29.2. The third-order valence-corrected chi connectivity index (χ3v) is 3.94. The van der Waals surface area contributed by atoms with Crippen molar-refractivity contribution in [1.82, 2.24) is 19.7 Å². The highest BCUT2D eigenvalue weighted by molar-refractivity contribution is 5.99. The molecule has 2 amide bonds. The van der Waals surface area contributed by atoms with E-state index in [1.54, 1.807) is 35.1 Å². The molecule has 3 rings (SSSR count). The Morgan fingerprint density at radius 2 is 2.27 bits per heavy atom. The van der Waals surface area contributed by atoms with Crippen LogP contribution in [-0.4, -0.2) is 49.9 Å². The summed E-state index contributed by atoms with van der Waals surface area (Å²) >= 11 is 0. The van der Waals surface area contributed by atoms with E-state index in [2.05, 4.69) is 15.4 Å². The van der Waals surface area contributed by atoms with Crippen molar-refractivity contribution in [2.75, 3.05) is 18.4 Å². The largest absolute Gasteiger partial charge is 0.481 e. The SMILES string of the molecule is Cn1ncc2c(NC(=O)N3CCCC(C(=O)O)C3)ccnc21. The normalized spacial score (nSPS) is 18.4. The summed E-state index contributed by atoms with van der Waals surface area (Å²) < 4.78 is 1.63. The number of nitrogens with zero attached hydrogens (tertiary/aromatic N) is 4. The topological polar surface area (TPSA) is 100 Å². The van der Waals surface area contributed by atoms with Crippen molar-refractivity contribution in [3.8, 4) is 0 Å². The highest BCUT2D eigenvalue weighted by Crippen LogP contribution is 2.22. The number of carbonyl (C=O) groups is 2. The first-order chi connectivity index (χ1) is 10.6. The van der Waals surface area contributed by atoms with Gasteiger partial charge >= 0.3 is 12.0 Å². The van der Waals surface area contributed by atoms with Gasteiger partial charge in [0, 0.05) is 26.3 Å². The van der Waals surface area contributed by atoms with Crippen molar-refractivity contribution in [2.45, 2.75) is 12.8 Å². The van der Waals surface area contributed by atoms with Crippen molar-refractivity contribution < 1.29 is 14.7 Å². The number of piperidine rings is 1. The van der Waals surface area contributed by atoms with Gasteiger partial charge in [-0.1, -0.05) is 0 Å². The van der Waals surface area contributed by atoms with Crippen LogP contribution in [0.15, 0.2) is 18.5 Å². The molecule has 3 heterocycles. The number of hydrogen-bond donors (Lipinski definition) is 2. The fraction of sp³-hybridized carbons (Fsp3) is 0.429. The van der Waals surface area contributed by atoms with Gasteiger partial charge in [0.2, 0.25) is 0 Å². The monoisotopic (exact) mass is 303 g/mol. The average molecular weight is 303 g/mol. The number of nitrogens with one attached hydrogen (secondary N) is 1. The molecular weight excluding hydrogens is 286 g/mol. The number of carboxylic acid groups (broad SMARTS) is 1. The van der Waals surface area contributed by atoms with Crippen LogP contribution in [0.4, 0.5) is 10.5 Å². The molecule has 0 radical (unpaired) electrons. The number of rotatable bonds is 2. The lowest BCUT2D eigenvalue weighted by atomic mass is 9.99. The van der Waals surface area contributed by atoms with Gasteiger partial charge < -0.3 is 15.3 Å². The first-order valence-electron chi connectivity index (χ1n) is 7.11. The molecule has 1 saturated heterocycles. The van der Waals surface area contributed by atoms with Crippen LogP contribution in [0.2, 0.25) is 0 Å². The van der Waals surface area contributed by atoms with Crippen molar-refractivity contribution in [2.24, 2.45) is 13.0 Å². The number of likely N-dealkylation sites (tertiary alicyclic amines) is 1. The molecule has 2 aromatic heterocycles. The molecule has 0 saturated carbocycles. The Morgan fingerprint density at radius 3 is 3.05 bits per heavy atom. The van der Waals surface area contributed by atoms with Gasteiger partial charge in [-0.3, -0.25) is 9.48 Å². The first kappa shape index (κ1) is 14.3. The Hall–Kier alpha value is -2.64. The summed E-state index contributed by atoms with van der Waals surface area (Å²) in [7, 11) is 1.78. The standard InChI is InChI=1S/C14H17N5O3/c1-18-12-10(7-16-18)11(4-5-15-12)17-14(22)19-6-2-3-9(8-19)13(20)21/h4-5,7,9H,2-3,6,8H2,1H3,(H,20,21)(H,15,17,22). The second-order valence-corrected chi connectivity index (χ2v) is 5.42. The van der Waals surface area contributed by atoms with E-state index in [0.29, 0.717) is 30.7 Å². The van der Waals surface area contributed by atoms with Crippen LogP contribution in [-0.2, 0) is 11.8 Å². The quantitative estimate of drug-likeness (QED) is 0.871. The second kappa shape index (κ2) is 5.63. The molecule has 8 nitrogen and oxygen atoms in total. The Kier molecular flexibility index (Phi) is 3.66. The van der Waals surface area contributed by atoms with Crippen LogP contribution in [0.1, 0.15) is 12.8 Å². The Morgan fingerprint density at radius 1 is 1.45 bits per heavy atom. The Balaban J connectivity index is 1.77. The van der Waals surface area contributed by atoms with E-state index < -0.39 is 11.9 Å². The zero-order valence-corrected chi connectivity index (χ0v) is 12.2. The molecule has 2 N–H and O–H groups in total. The van der Waals surface area contributed by atoms with Crippen molar-refractivity contribution in [3.05, 3.63) is 18.5 Å². The number of amides is 2. The summed E-state index contributed by atoms with van der Waals surface area (Å²) in [5, 5.41) is 16.8. The number of urea groups is 1. The maximum absolute atomic E-state index is 12.4. The highest BCUT2D eigenvalue weighted by atomic mass is 16.4. The molecule has 1 atom stereocenters. The van der Waals surface area contributed by atoms with Crippen LogP contribution < -0.4 is 5.32 Å². The molecule has 0 spiro atoms. The first-order valence-corrected chi connectivity index (χ1v) is 7.11. The second-order valence-electron chi connectivity index (χ2n) is 5.42. The van der Waals surface area contributed by atoms with Crippen molar-refractivity contribution in [3.63, 3.8) is 0 Å². The molecule has 22 heavy (non-hydrogen) atoms. The van der Waals surface area contributed by atoms with E-state index in [1.165, 1.54) is 0 Å². The third-order valence-electron chi connectivity index (χ3n) is 3.94. The van der Waals surface area contributed by atoms with Gasteiger partial charge in [0.05, 0.1) is 23.2 Å². The molecule has 1 aliphatic rings. The molecule has 0 bridgehead atoms. The maximum Gasteiger partial charge on any atom is 0.321 e. The number of carboxylic acids is 1. The van der Waals surface area contributed by atoms with Gasteiger partial charge in [-0.05, 0) is 18.9 Å². The number of carbonyl (C=O) groups excluding carboxylic acids is 1. The van der Waals surface area contributed by atoms with Gasteiger partial charge in [-0.15, -0.1) is 0 Å². The smallest absolute Gasteiger partial charge is 0.321 e. The Bertz CT molecular complexity index is 726. The van der Waals surface area contributed by atoms with Crippen molar-refractivity contribution in [1.29, 1.82) is 0 Å². The summed E-state index contributed by atoms with van der Waals surface area (Å²) in [5.74, 6) is -1.34. The third kappa shape index (κ3) is 2.59. The number of fused-ring (bicyclic) bond motifs is 1. The minimum Gasteiger partial charge on any atom is -0.481 e. The summed E-state index contributed by atoms with van der Waals surface area (Å²) in [6, 6.07) is 1.42. The van der Waals surface area contributed by atoms with Gasteiger partial charge in [0.1, 0.15) is 0 Å². The number of aromatic nitrogens is 3. The van der Waals surface area contributed by atoms with Crippen molar-refractivity contribution >= 4 is 28.7 Å². The van der Waals surface area contributed by atoms with Crippen LogP contribution >= 0.6 is 0 Å². The molecule has 116 valence electrons. The fourth-order valence-corrected chi connectivity index (χ4v) is 2.71. The molecular formula is C14H17N5O3. The molecule has 0 aliphatic carbocycles. The number of aliphatic carboxylic acids is 1. The van der Waals surface area contributed by atoms with Crippen LogP contribution in [0, 0.1) is 5.92 Å². The van der Waals surface area contributed by atoms with Crippen LogP contribution in [0.25, 0.3) is 11.0 Å². The lowest BCUT2D eigenvalue weighted by Crippen LogP contribution is -2.44. The van der Waals surface area contributed by atoms with Crippen LogP contribution in [0.5, 0.6) is 0 Å². The van der Waals surface area contributed by atoms with E-state index in [0.717, 1.165) is 5.39 Å². The van der Waals surface area contributed by atoms with E-state index in [-0.39, 0.29) is 12.6 Å². The van der Waals surface area contributed by atoms with Gasteiger partial charge in [-0.25, -0.2) is 9.78 Å². The number of aryl methyl sites for hydroxylation is 1. The zero-order valence-electron chi connectivity index (χ0n) is 12.2. The van der Waals surface area contributed by atoms with Gasteiger partial charge in [-0.2, -0.15) is 5.10 Å². The minimum absolute atomic E-state index is 0.239. The summed E-state index contributed by atoms with van der Waals surface area (Å²) in [6.45, 7) is 0.805. The lowest BCUT2D eigenvalue weighted by molar-refractivity contribution is -0.143. The zero-order chi connectivity index (χ0) is 15.7. The van der Waals surface area contributed by atoms with E-state index in [1.807, 2.05) is 0 Å². The molecule has 1 aliphatic heterocycles. The predicted molar refractivity (Wildman–Crippen MR) is 79.5 cm³/mol. The lowest BCUT2D eigenvalue weighted by Gasteiger charge is -2.30. The molecule has 1 fully saturated rings. The summed E-state index contributed by atoms with van der Waals surface area (Å²) in [5.41, 5.74) is 1.31. The Labute approximate surface area is 126 Å².